The Balaban J connectivity index is 1.37. The number of nitrogens with zero attached hydrogens (tertiary/aromatic N) is 5. The van der Waals surface area contributed by atoms with Gasteiger partial charge in [-0.25, -0.2) is 0 Å². The Morgan fingerprint density at radius 2 is 1.97 bits per heavy atom. The van der Waals surface area contributed by atoms with Crippen molar-refractivity contribution in [1.29, 1.82) is 0 Å². The van der Waals surface area contributed by atoms with Crippen molar-refractivity contribution in [1.82, 2.24) is 25.0 Å². The van der Waals surface area contributed by atoms with E-state index >= 15 is 0 Å². The average molecular weight is 591 g/mol. The molecule has 3 aromatic rings. The minimum atomic E-state index is -4.73. The van der Waals surface area contributed by atoms with E-state index in [1.165, 1.54) is 5.56 Å². The molecule has 0 bridgehead atoms. The van der Waals surface area contributed by atoms with Crippen LogP contribution in [0.25, 0.3) is 11.2 Å². The Bertz CT molecular complexity index is 1440. The van der Waals surface area contributed by atoms with Crippen molar-refractivity contribution in [3.05, 3.63) is 40.7 Å². The summed E-state index contributed by atoms with van der Waals surface area (Å²) < 4.78 is 40.4. The second kappa shape index (κ2) is 10.5. The van der Waals surface area contributed by atoms with Gasteiger partial charge in [-0.2, -0.15) is 14.6 Å². The highest BCUT2D eigenvalue weighted by Gasteiger charge is 2.46. The lowest BCUT2D eigenvalue weighted by Gasteiger charge is -2.20. The van der Waals surface area contributed by atoms with E-state index in [1.54, 1.807) is 0 Å². The van der Waals surface area contributed by atoms with Crippen molar-refractivity contribution in [2.45, 2.75) is 43.4 Å². The Morgan fingerprint density at radius 1 is 1.21 bits per heavy atom. The zero-order valence-corrected chi connectivity index (χ0v) is 22.4. The molecule has 38 heavy (non-hydrogen) atoms. The van der Waals surface area contributed by atoms with Gasteiger partial charge in [0.1, 0.15) is 18.3 Å². The molecule has 1 aliphatic heterocycles. The summed E-state index contributed by atoms with van der Waals surface area (Å²) in [7, 11) is -7.97. The number of hydrogen-bond acceptors (Lipinski definition) is 12. The summed E-state index contributed by atoms with van der Waals surface area (Å²) in [6.45, 7) is -0.601. The SMILES string of the molecule is COP(=O)(CP(=O)(O)O)OC[C@H]1O[C@H](n2nnc3c(N[C@H]4CCc5ccccc54)nc(Cl)nc32)[C@H](O)[C@@H]1O. The Morgan fingerprint density at radius 3 is 2.71 bits per heavy atom. The molecular weight excluding hydrogens is 566 g/mol. The minimum Gasteiger partial charge on any atom is -0.387 e. The summed E-state index contributed by atoms with van der Waals surface area (Å²) >= 11 is 6.19. The van der Waals surface area contributed by atoms with Gasteiger partial charge in [-0.3, -0.25) is 9.13 Å². The number of nitrogens with one attached hydrogen (secondary N) is 1. The van der Waals surface area contributed by atoms with E-state index in [2.05, 4.69) is 36.2 Å². The van der Waals surface area contributed by atoms with Gasteiger partial charge in [0.25, 0.3) is 0 Å². The molecule has 1 unspecified atom stereocenters. The van der Waals surface area contributed by atoms with Crippen molar-refractivity contribution in [2.75, 3.05) is 24.9 Å². The molecule has 18 heteroatoms. The smallest absolute Gasteiger partial charge is 0.342 e. The Labute approximate surface area is 220 Å². The normalized spacial score (nSPS) is 26.9. The van der Waals surface area contributed by atoms with Crippen LogP contribution in [0, 0.1) is 0 Å². The molecule has 0 radical (unpaired) electrons. The predicted octanol–water partition coefficient (Wildman–Crippen LogP) is 1.58. The Hall–Kier alpha value is -2.03. The summed E-state index contributed by atoms with van der Waals surface area (Å²) in [5.74, 6) is -0.824. The summed E-state index contributed by atoms with van der Waals surface area (Å²) in [5.41, 5.74) is 2.75. The molecule has 6 atom stereocenters. The number of ether oxygens (including phenoxy) is 1. The van der Waals surface area contributed by atoms with E-state index in [0.717, 1.165) is 30.2 Å². The number of aliphatic hydroxyl groups excluding tert-OH is 2. The van der Waals surface area contributed by atoms with Crippen LogP contribution in [-0.2, 0) is 29.3 Å². The van der Waals surface area contributed by atoms with Crippen molar-refractivity contribution in [2.24, 2.45) is 0 Å². The maximum Gasteiger partial charge on any atom is 0.342 e. The molecule has 2 aromatic heterocycles. The van der Waals surface area contributed by atoms with Crippen LogP contribution in [0.3, 0.4) is 0 Å². The highest BCUT2D eigenvalue weighted by Crippen LogP contribution is 2.58. The largest absolute Gasteiger partial charge is 0.387 e. The molecule has 0 amide bonds. The third kappa shape index (κ3) is 5.50. The molecule has 1 fully saturated rings. The number of aliphatic hydroxyl groups is 2. The number of benzene rings is 1. The molecule has 1 saturated heterocycles. The molecule has 2 aliphatic rings. The number of rotatable bonds is 9. The van der Waals surface area contributed by atoms with E-state index in [4.69, 9.17) is 30.6 Å². The van der Waals surface area contributed by atoms with Crippen LogP contribution in [0.2, 0.25) is 5.28 Å². The van der Waals surface area contributed by atoms with Gasteiger partial charge in [0.05, 0.1) is 12.6 Å². The summed E-state index contributed by atoms with van der Waals surface area (Å²) in [6.07, 6.45) is -3.88. The van der Waals surface area contributed by atoms with Gasteiger partial charge in [0.2, 0.25) is 5.28 Å². The molecule has 5 N–H and O–H groups in total. The maximum atomic E-state index is 12.5. The monoisotopic (exact) mass is 590 g/mol. The molecule has 206 valence electrons. The van der Waals surface area contributed by atoms with E-state index < -0.39 is 52.2 Å². The van der Waals surface area contributed by atoms with Crippen LogP contribution in [0.4, 0.5) is 5.82 Å². The van der Waals surface area contributed by atoms with Crippen LogP contribution in [0.5, 0.6) is 0 Å². The highest BCUT2D eigenvalue weighted by atomic mass is 35.5. The van der Waals surface area contributed by atoms with Gasteiger partial charge in [0.15, 0.2) is 29.1 Å². The molecule has 1 aliphatic carbocycles. The molecular formula is C20H25ClN6O9P2. The number of halogens is 1. The van der Waals surface area contributed by atoms with Gasteiger partial charge < -0.3 is 39.1 Å². The van der Waals surface area contributed by atoms with Crippen LogP contribution in [0.1, 0.15) is 29.8 Å². The summed E-state index contributed by atoms with van der Waals surface area (Å²) in [4.78, 5) is 26.7. The lowest BCUT2D eigenvalue weighted by molar-refractivity contribution is -0.0552. The van der Waals surface area contributed by atoms with Gasteiger partial charge in [-0.1, -0.05) is 29.5 Å². The van der Waals surface area contributed by atoms with E-state index in [1.807, 2.05) is 18.2 Å². The third-order valence-corrected chi connectivity index (χ3v) is 10.5. The molecule has 15 nitrogen and oxygen atoms in total. The highest BCUT2D eigenvalue weighted by molar-refractivity contribution is 7.70. The van der Waals surface area contributed by atoms with E-state index in [9.17, 15) is 19.3 Å². The number of aryl methyl sites for hydroxylation is 1. The second-order valence-corrected chi connectivity index (χ2v) is 13.6. The lowest BCUT2D eigenvalue weighted by Crippen LogP contribution is -2.34. The van der Waals surface area contributed by atoms with Crippen molar-refractivity contribution in [3.8, 4) is 0 Å². The van der Waals surface area contributed by atoms with Crippen LogP contribution in [0.15, 0.2) is 24.3 Å². The summed E-state index contributed by atoms with van der Waals surface area (Å²) in [5, 5.41) is 32.6. The molecule has 1 aromatic carbocycles. The van der Waals surface area contributed by atoms with Gasteiger partial charge in [-0.15, -0.1) is 5.10 Å². The predicted molar refractivity (Wildman–Crippen MR) is 133 cm³/mol. The second-order valence-electron chi connectivity index (χ2n) is 8.92. The fourth-order valence-corrected chi connectivity index (χ4v) is 7.82. The van der Waals surface area contributed by atoms with Gasteiger partial charge >= 0.3 is 15.2 Å². The quantitative estimate of drug-likeness (QED) is 0.177. The number of anilines is 1. The molecule has 5 rings (SSSR count). The van der Waals surface area contributed by atoms with Gasteiger partial charge in [0, 0.05) is 7.11 Å². The lowest BCUT2D eigenvalue weighted by atomic mass is 10.1. The fraction of sp³-hybridized carbons (Fsp3) is 0.500. The molecule has 3 heterocycles. The van der Waals surface area contributed by atoms with Crippen molar-refractivity contribution >= 4 is 43.8 Å². The first-order valence-corrected chi connectivity index (χ1v) is 15.4. The third-order valence-electron chi connectivity index (χ3n) is 6.39. The summed E-state index contributed by atoms with van der Waals surface area (Å²) in [6, 6.07) is 8.01. The number of hydrogen-bond donors (Lipinski definition) is 5. The fourth-order valence-electron chi connectivity index (χ4n) is 4.58. The van der Waals surface area contributed by atoms with Crippen molar-refractivity contribution < 1.29 is 42.9 Å². The zero-order valence-electron chi connectivity index (χ0n) is 19.9. The van der Waals surface area contributed by atoms with Crippen LogP contribution < -0.4 is 5.32 Å². The first kappa shape index (κ1) is 27.5. The van der Waals surface area contributed by atoms with E-state index in [-0.39, 0.29) is 22.5 Å². The molecule has 0 saturated carbocycles. The maximum absolute atomic E-state index is 12.5. The van der Waals surface area contributed by atoms with E-state index in [0.29, 0.717) is 5.82 Å². The Kier molecular flexibility index (Phi) is 7.61. The number of aromatic nitrogens is 5. The topological polar surface area (TPSA) is 211 Å². The van der Waals surface area contributed by atoms with Crippen molar-refractivity contribution in [3.63, 3.8) is 0 Å². The van der Waals surface area contributed by atoms with Crippen LogP contribution in [-0.4, -0.2) is 82.9 Å². The van der Waals surface area contributed by atoms with Gasteiger partial charge in [-0.05, 0) is 35.6 Å². The molecule has 0 spiro atoms. The first-order chi connectivity index (χ1) is 18.0. The number of fused-ring (bicyclic) bond motifs is 2. The first-order valence-electron chi connectivity index (χ1n) is 11.5. The zero-order chi connectivity index (χ0) is 27.2. The average Bonchev–Trinajstić information content (AvgIpc) is 3.54. The standard InChI is InChI=1S/C20H25ClN6O9P2/c1-34-38(33,9-37(30,31)32)35-8-13-15(28)16(29)19(36-13)27-18-14(25-26-27)17(23-20(21)24-18)22-12-7-6-10-4-2-3-5-11(10)12/h2-5,12-13,15-16,19,28-29H,6-9H2,1H3,(H,22,23,24)(H2,30,31,32)/t12-,13+,15+,16+,19-,38?/m0/s1. The van der Waals surface area contributed by atoms with Crippen LogP contribution >= 0.6 is 26.8 Å². The minimum absolute atomic E-state index is 0.0354.